The largest absolute Gasteiger partial charge is 0.322 e. The maximum absolute atomic E-state index is 10.6. The van der Waals surface area contributed by atoms with Crippen molar-refractivity contribution >= 4 is 17.3 Å². The third-order valence-corrected chi connectivity index (χ3v) is 2.06. The van der Waals surface area contributed by atoms with Crippen LogP contribution in [0.25, 0.3) is 0 Å². The van der Waals surface area contributed by atoms with Crippen LogP contribution in [0.5, 0.6) is 0 Å². The Bertz CT molecular complexity index is 356. The molecule has 1 aromatic rings. The van der Waals surface area contributed by atoms with Gasteiger partial charge in [-0.2, -0.15) is 0 Å². The van der Waals surface area contributed by atoms with Gasteiger partial charge in [0.05, 0.1) is 16.0 Å². The zero-order valence-corrected chi connectivity index (χ0v) is 8.36. The van der Waals surface area contributed by atoms with Crippen molar-refractivity contribution in [1.82, 2.24) is 4.98 Å². The SMILES string of the molecule is CCC(N)c1ncc(Cl)cc1[N+](=O)[O-]. The van der Waals surface area contributed by atoms with E-state index in [-0.39, 0.29) is 16.4 Å². The van der Waals surface area contributed by atoms with Crippen molar-refractivity contribution in [3.05, 3.63) is 33.1 Å². The standard InChI is InChI=1S/C8H10ClN3O2/c1-2-6(10)8-7(12(13)14)3-5(9)4-11-8/h3-4,6H,2,10H2,1H3. The molecule has 0 aromatic carbocycles. The molecule has 1 aromatic heterocycles. The van der Waals surface area contributed by atoms with Gasteiger partial charge in [-0.15, -0.1) is 0 Å². The Morgan fingerprint density at radius 1 is 1.79 bits per heavy atom. The predicted molar refractivity (Wildman–Crippen MR) is 53.1 cm³/mol. The third kappa shape index (κ3) is 2.18. The van der Waals surface area contributed by atoms with Crippen molar-refractivity contribution < 1.29 is 4.92 Å². The predicted octanol–water partition coefficient (Wildman–Crippen LogP) is 2.05. The maximum Gasteiger partial charge on any atom is 0.293 e. The van der Waals surface area contributed by atoms with E-state index >= 15 is 0 Å². The molecular weight excluding hydrogens is 206 g/mol. The molecule has 0 fully saturated rings. The quantitative estimate of drug-likeness (QED) is 0.618. The van der Waals surface area contributed by atoms with Crippen LogP contribution in [0.3, 0.4) is 0 Å². The highest BCUT2D eigenvalue weighted by molar-refractivity contribution is 6.30. The summed E-state index contributed by atoms with van der Waals surface area (Å²) in [5, 5.41) is 10.9. The lowest BCUT2D eigenvalue weighted by Gasteiger charge is -2.07. The van der Waals surface area contributed by atoms with Crippen LogP contribution in [0.4, 0.5) is 5.69 Å². The highest BCUT2D eigenvalue weighted by Gasteiger charge is 2.20. The molecule has 0 bridgehead atoms. The summed E-state index contributed by atoms with van der Waals surface area (Å²) in [4.78, 5) is 14.0. The van der Waals surface area contributed by atoms with Gasteiger partial charge in [0.25, 0.3) is 5.69 Å². The lowest BCUT2D eigenvalue weighted by atomic mass is 10.1. The number of nitrogens with two attached hydrogens (primary N) is 1. The Balaban J connectivity index is 3.21. The highest BCUT2D eigenvalue weighted by atomic mass is 35.5. The summed E-state index contributed by atoms with van der Waals surface area (Å²) < 4.78 is 0. The van der Waals surface area contributed by atoms with Gasteiger partial charge in [-0.3, -0.25) is 15.1 Å². The summed E-state index contributed by atoms with van der Waals surface area (Å²) in [5.41, 5.74) is 5.83. The van der Waals surface area contributed by atoms with Gasteiger partial charge in [-0.1, -0.05) is 18.5 Å². The Hall–Kier alpha value is -1.20. The molecule has 5 nitrogen and oxygen atoms in total. The first-order valence-corrected chi connectivity index (χ1v) is 4.49. The first kappa shape index (κ1) is 10.9. The normalized spacial score (nSPS) is 12.5. The van der Waals surface area contributed by atoms with Crippen LogP contribution in [-0.4, -0.2) is 9.91 Å². The fraction of sp³-hybridized carbons (Fsp3) is 0.375. The Morgan fingerprint density at radius 3 is 2.93 bits per heavy atom. The minimum absolute atomic E-state index is 0.119. The van der Waals surface area contributed by atoms with E-state index in [9.17, 15) is 10.1 Å². The summed E-state index contributed by atoms with van der Waals surface area (Å²) in [6.45, 7) is 1.84. The number of pyridine rings is 1. The summed E-state index contributed by atoms with van der Waals surface area (Å²) in [7, 11) is 0. The Kier molecular flexibility index (Phi) is 3.38. The second-order valence-electron chi connectivity index (χ2n) is 2.83. The van der Waals surface area contributed by atoms with Crippen LogP contribution in [-0.2, 0) is 0 Å². The van der Waals surface area contributed by atoms with Crippen LogP contribution in [0.15, 0.2) is 12.3 Å². The topological polar surface area (TPSA) is 82.0 Å². The van der Waals surface area contributed by atoms with Gasteiger partial charge in [0.1, 0.15) is 5.69 Å². The third-order valence-electron chi connectivity index (χ3n) is 1.85. The molecule has 14 heavy (non-hydrogen) atoms. The first-order chi connectivity index (χ1) is 6.56. The molecule has 1 unspecified atom stereocenters. The van der Waals surface area contributed by atoms with Gasteiger partial charge in [0.2, 0.25) is 0 Å². The Morgan fingerprint density at radius 2 is 2.43 bits per heavy atom. The molecule has 0 amide bonds. The van der Waals surface area contributed by atoms with Crippen molar-refractivity contribution in [3.63, 3.8) is 0 Å². The fourth-order valence-electron chi connectivity index (χ4n) is 1.06. The second kappa shape index (κ2) is 4.34. The maximum atomic E-state index is 10.6. The van der Waals surface area contributed by atoms with Crippen molar-refractivity contribution in [2.24, 2.45) is 5.73 Å². The van der Waals surface area contributed by atoms with E-state index < -0.39 is 11.0 Å². The van der Waals surface area contributed by atoms with E-state index in [1.165, 1.54) is 12.3 Å². The molecule has 0 aliphatic heterocycles. The molecule has 0 aliphatic rings. The fourth-order valence-corrected chi connectivity index (χ4v) is 1.22. The summed E-state index contributed by atoms with van der Waals surface area (Å²) in [6.07, 6.45) is 1.95. The number of rotatable bonds is 3. The number of hydrogen-bond acceptors (Lipinski definition) is 4. The molecule has 0 saturated heterocycles. The van der Waals surface area contributed by atoms with Crippen LogP contribution >= 0.6 is 11.6 Å². The number of nitrogens with zero attached hydrogens (tertiary/aromatic N) is 2. The minimum atomic E-state index is -0.524. The molecule has 0 radical (unpaired) electrons. The lowest BCUT2D eigenvalue weighted by Crippen LogP contribution is -2.13. The molecule has 1 rings (SSSR count). The van der Waals surface area contributed by atoms with Gasteiger partial charge in [0.15, 0.2) is 0 Å². The van der Waals surface area contributed by atoms with Crippen molar-refractivity contribution in [1.29, 1.82) is 0 Å². The minimum Gasteiger partial charge on any atom is -0.322 e. The molecule has 1 heterocycles. The van der Waals surface area contributed by atoms with Gasteiger partial charge in [-0.05, 0) is 6.42 Å². The smallest absolute Gasteiger partial charge is 0.293 e. The molecule has 0 aliphatic carbocycles. The average Bonchev–Trinajstić information content (AvgIpc) is 2.16. The summed E-state index contributed by atoms with van der Waals surface area (Å²) >= 11 is 5.60. The zero-order chi connectivity index (χ0) is 10.7. The van der Waals surface area contributed by atoms with E-state index in [0.717, 1.165) is 0 Å². The van der Waals surface area contributed by atoms with Crippen molar-refractivity contribution in [2.75, 3.05) is 0 Å². The number of hydrogen-bond donors (Lipinski definition) is 1. The first-order valence-electron chi connectivity index (χ1n) is 4.11. The molecular formula is C8H10ClN3O2. The van der Waals surface area contributed by atoms with Crippen molar-refractivity contribution in [3.8, 4) is 0 Å². The number of halogens is 1. The van der Waals surface area contributed by atoms with E-state index in [2.05, 4.69) is 4.98 Å². The number of nitro groups is 1. The van der Waals surface area contributed by atoms with Crippen LogP contribution in [0.2, 0.25) is 5.02 Å². The number of aromatic nitrogens is 1. The van der Waals surface area contributed by atoms with E-state index in [1.807, 2.05) is 6.92 Å². The summed E-state index contributed by atoms with van der Waals surface area (Å²) in [6, 6.07) is 0.840. The summed E-state index contributed by atoms with van der Waals surface area (Å²) in [5.74, 6) is 0. The monoisotopic (exact) mass is 215 g/mol. The van der Waals surface area contributed by atoms with Crippen molar-refractivity contribution in [2.45, 2.75) is 19.4 Å². The molecule has 0 spiro atoms. The molecule has 0 saturated carbocycles. The van der Waals surface area contributed by atoms with Gasteiger partial charge in [0, 0.05) is 12.3 Å². The van der Waals surface area contributed by atoms with Crippen LogP contribution in [0.1, 0.15) is 25.1 Å². The van der Waals surface area contributed by atoms with E-state index in [0.29, 0.717) is 6.42 Å². The Labute approximate surface area is 86.0 Å². The van der Waals surface area contributed by atoms with E-state index in [1.54, 1.807) is 0 Å². The van der Waals surface area contributed by atoms with Gasteiger partial charge >= 0.3 is 0 Å². The molecule has 76 valence electrons. The van der Waals surface area contributed by atoms with Crippen LogP contribution in [0, 0.1) is 10.1 Å². The van der Waals surface area contributed by atoms with Gasteiger partial charge in [-0.25, -0.2) is 0 Å². The highest BCUT2D eigenvalue weighted by Crippen LogP contribution is 2.25. The molecule has 2 N–H and O–H groups in total. The lowest BCUT2D eigenvalue weighted by molar-refractivity contribution is -0.386. The molecule has 6 heteroatoms. The zero-order valence-electron chi connectivity index (χ0n) is 7.61. The van der Waals surface area contributed by atoms with Gasteiger partial charge < -0.3 is 5.73 Å². The second-order valence-corrected chi connectivity index (χ2v) is 3.27. The van der Waals surface area contributed by atoms with Crippen LogP contribution < -0.4 is 5.73 Å². The molecule has 1 atom stereocenters. The van der Waals surface area contributed by atoms with E-state index in [4.69, 9.17) is 17.3 Å². The average molecular weight is 216 g/mol.